The van der Waals surface area contributed by atoms with Crippen molar-refractivity contribution in [3.8, 4) is 0 Å². The van der Waals surface area contributed by atoms with E-state index in [4.69, 9.17) is 10.2 Å². The number of oxazole rings is 1. The first kappa shape index (κ1) is 11.5. The Bertz CT molecular complexity index is 505. The predicted molar refractivity (Wildman–Crippen MR) is 69.3 cm³/mol. The summed E-state index contributed by atoms with van der Waals surface area (Å²) in [5, 5.41) is 0. The second-order valence-electron chi connectivity index (χ2n) is 4.38. The summed E-state index contributed by atoms with van der Waals surface area (Å²) >= 11 is 3.39. The summed E-state index contributed by atoms with van der Waals surface area (Å²) in [6, 6.07) is 3.76. The van der Waals surface area contributed by atoms with Gasteiger partial charge in [0.05, 0.1) is 5.69 Å². The summed E-state index contributed by atoms with van der Waals surface area (Å²) in [5.41, 5.74) is 8.02. The van der Waals surface area contributed by atoms with Crippen LogP contribution in [0.4, 0.5) is 5.69 Å². The van der Waals surface area contributed by atoms with Gasteiger partial charge in [0.2, 0.25) is 0 Å². The van der Waals surface area contributed by atoms with E-state index >= 15 is 0 Å². The minimum absolute atomic E-state index is 0.632. The number of aromatic nitrogens is 1. The summed E-state index contributed by atoms with van der Waals surface area (Å²) in [5.74, 6) is 1.42. The maximum atomic E-state index is 5.86. The Hall–Kier alpha value is -1.03. The number of nitrogens with zero attached hydrogens (tertiary/aromatic N) is 1. The SMILES string of the molecule is CC(C)CCc1nc2cc(Br)cc(N)c2o1. The number of benzene rings is 1. The fourth-order valence-electron chi connectivity index (χ4n) is 1.59. The second kappa shape index (κ2) is 4.45. The molecule has 2 N–H and O–H groups in total. The van der Waals surface area contributed by atoms with Crippen molar-refractivity contribution in [2.45, 2.75) is 26.7 Å². The fourth-order valence-corrected chi connectivity index (χ4v) is 2.05. The highest BCUT2D eigenvalue weighted by Gasteiger charge is 2.10. The molecule has 1 heterocycles. The highest BCUT2D eigenvalue weighted by molar-refractivity contribution is 9.10. The number of hydrogen-bond acceptors (Lipinski definition) is 3. The van der Waals surface area contributed by atoms with E-state index in [1.54, 1.807) is 0 Å². The molecular formula is C12H15BrN2O. The lowest BCUT2D eigenvalue weighted by Gasteiger charge is -1.99. The Kier molecular flexibility index (Phi) is 3.19. The molecule has 0 fully saturated rings. The predicted octanol–water partition coefficient (Wildman–Crippen LogP) is 3.76. The van der Waals surface area contributed by atoms with Gasteiger partial charge >= 0.3 is 0 Å². The molecule has 2 aromatic rings. The van der Waals surface area contributed by atoms with Gasteiger partial charge in [-0.15, -0.1) is 0 Å². The molecule has 0 aliphatic heterocycles. The summed E-state index contributed by atoms with van der Waals surface area (Å²) in [4.78, 5) is 4.43. The van der Waals surface area contributed by atoms with Gasteiger partial charge in [0, 0.05) is 10.9 Å². The van der Waals surface area contributed by atoms with Crippen LogP contribution in [0.3, 0.4) is 0 Å². The fraction of sp³-hybridized carbons (Fsp3) is 0.417. The van der Waals surface area contributed by atoms with E-state index in [-0.39, 0.29) is 0 Å². The molecule has 16 heavy (non-hydrogen) atoms. The topological polar surface area (TPSA) is 52.0 Å². The van der Waals surface area contributed by atoms with E-state index in [9.17, 15) is 0 Å². The minimum Gasteiger partial charge on any atom is -0.439 e. The molecule has 0 saturated heterocycles. The molecule has 2 rings (SSSR count). The third kappa shape index (κ3) is 2.38. The molecule has 0 unspecified atom stereocenters. The van der Waals surface area contributed by atoms with E-state index in [1.165, 1.54) is 0 Å². The quantitative estimate of drug-likeness (QED) is 0.872. The van der Waals surface area contributed by atoms with E-state index in [0.717, 1.165) is 28.7 Å². The van der Waals surface area contributed by atoms with Crippen molar-refractivity contribution in [3.05, 3.63) is 22.5 Å². The number of aryl methyl sites for hydroxylation is 1. The smallest absolute Gasteiger partial charge is 0.195 e. The van der Waals surface area contributed by atoms with Crippen molar-refractivity contribution >= 4 is 32.7 Å². The van der Waals surface area contributed by atoms with Gasteiger partial charge in [-0.1, -0.05) is 29.8 Å². The van der Waals surface area contributed by atoms with Crippen LogP contribution in [0.5, 0.6) is 0 Å². The van der Waals surface area contributed by atoms with Crippen LogP contribution < -0.4 is 5.73 Å². The van der Waals surface area contributed by atoms with E-state index in [1.807, 2.05) is 12.1 Å². The van der Waals surface area contributed by atoms with Crippen LogP contribution in [-0.4, -0.2) is 4.98 Å². The minimum atomic E-state index is 0.632. The lowest BCUT2D eigenvalue weighted by atomic mass is 10.1. The Morgan fingerprint density at radius 3 is 2.88 bits per heavy atom. The van der Waals surface area contributed by atoms with Crippen molar-refractivity contribution in [2.24, 2.45) is 5.92 Å². The Balaban J connectivity index is 2.33. The lowest BCUT2D eigenvalue weighted by Crippen LogP contribution is -1.91. The Morgan fingerprint density at radius 2 is 2.19 bits per heavy atom. The molecule has 0 atom stereocenters. The Morgan fingerprint density at radius 1 is 1.44 bits per heavy atom. The van der Waals surface area contributed by atoms with Crippen LogP contribution in [0.15, 0.2) is 21.0 Å². The van der Waals surface area contributed by atoms with Gasteiger partial charge in [0.25, 0.3) is 0 Å². The van der Waals surface area contributed by atoms with Gasteiger partial charge in [-0.25, -0.2) is 4.98 Å². The third-order valence-corrected chi connectivity index (χ3v) is 2.92. The molecule has 0 saturated carbocycles. The van der Waals surface area contributed by atoms with E-state index in [2.05, 4.69) is 34.8 Å². The molecule has 0 spiro atoms. The molecule has 4 heteroatoms. The van der Waals surface area contributed by atoms with Gasteiger partial charge in [-0.05, 0) is 24.5 Å². The van der Waals surface area contributed by atoms with Gasteiger partial charge < -0.3 is 10.2 Å². The second-order valence-corrected chi connectivity index (χ2v) is 5.30. The normalized spacial score (nSPS) is 11.5. The van der Waals surface area contributed by atoms with Crippen molar-refractivity contribution in [1.82, 2.24) is 4.98 Å². The summed E-state index contributed by atoms with van der Waals surface area (Å²) in [7, 11) is 0. The van der Waals surface area contributed by atoms with E-state index < -0.39 is 0 Å². The van der Waals surface area contributed by atoms with Crippen LogP contribution in [0.1, 0.15) is 26.2 Å². The van der Waals surface area contributed by atoms with Gasteiger partial charge in [0.1, 0.15) is 5.52 Å². The van der Waals surface area contributed by atoms with Crippen LogP contribution in [0.25, 0.3) is 11.1 Å². The van der Waals surface area contributed by atoms with Gasteiger partial charge in [0.15, 0.2) is 11.5 Å². The average molecular weight is 283 g/mol. The number of nitrogen functional groups attached to an aromatic ring is 1. The van der Waals surface area contributed by atoms with Crippen molar-refractivity contribution < 1.29 is 4.42 Å². The number of halogens is 1. The van der Waals surface area contributed by atoms with Crippen LogP contribution in [0, 0.1) is 5.92 Å². The molecule has 0 bridgehead atoms. The summed E-state index contributed by atoms with van der Waals surface area (Å²) in [6.45, 7) is 4.38. The monoisotopic (exact) mass is 282 g/mol. The zero-order chi connectivity index (χ0) is 11.7. The van der Waals surface area contributed by atoms with Crippen LogP contribution >= 0.6 is 15.9 Å². The molecule has 1 aromatic carbocycles. The van der Waals surface area contributed by atoms with Crippen molar-refractivity contribution in [1.29, 1.82) is 0 Å². The molecule has 3 nitrogen and oxygen atoms in total. The van der Waals surface area contributed by atoms with Crippen LogP contribution in [0.2, 0.25) is 0 Å². The van der Waals surface area contributed by atoms with Crippen molar-refractivity contribution in [2.75, 3.05) is 5.73 Å². The highest BCUT2D eigenvalue weighted by atomic mass is 79.9. The molecule has 0 aliphatic rings. The third-order valence-electron chi connectivity index (χ3n) is 2.46. The molecule has 0 aliphatic carbocycles. The number of fused-ring (bicyclic) bond motifs is 1. The number of nitrogens with two attached hydrogens (primary N) is 1. The molecular weight excluding hydrogens is 268 g/mol. The van der Waals surface area contributed by atoms with E-state index in [0.29, 0.717) is 17.2 Å². The maximum Gasteiger partial charge on any atom is 0.195 e. The highest BCUT2D eigenvalue weighted by Crippen LogP contribution is 2.27. The Labute approximate surface area is 103 Å². The average Bonchev–Trinajstić information content (AvgIpc) is 2.57. The van der Waals surface area contributed by atoms with Crippen LogP contribution in [-0.2, 0) is 6.42 Å². The zero-order valence-corrected chi connectivity index (χ0v) is 11.0. The zero-order valence-electron chi connectivity index (χ0n) is 9.46. The first-order valence-corrected chi connectivity index (χ1v) is 6.20. The summed E-state index contributed by atoms with van der Waals surface area (Å²) < 4.78 is 6.58. The van der Waals surface area contributed by atoms with Gasteiger partial charge in [-0.3, -0.25) is 0 Å². The number of anilines is 1. The molecule has 0 amide bonds. The van der Waals surface area contributed by atoms with Crippen molar-refractivity contribution in [3.63, 3.8) is 0 Å². The lowest BCUT2D eigenvalue weighted by molar-refractivity contribution is 0.485. The maximum absolute atomic E-state index is 5.86. The largest absolute Gasteiger partial charge is 0.439 e. The molecule has 0 radical (unpaired) electrons. The number of hydrogen-bond donors (Lipinski definition) is 1. The molecule has 1 aromatic heterocycles. The first-order valence-electron chi connectivity index (χ1n) is 5.40. The summed E-state index contributed by atoms with van der Waals surface area (Å²) in [6.07, 6.45) is 1.94. The van der Waals surface area contributed by atoms with Gasteiger partial charge in [-0.2, -0.15) is 0 Å². The standard InChI is InChI=1S/C12H15BrN2O/c1-7(2)3-4-11-15-10-6-8(13)5-9(14)12(10)16-11/h5-7H,3-4,14H2,1-2H3. The molecule has 86 valence electrons. The first-order chi connectivity index (χ1) is 7.56. The number of rotatable bonds is 3.